The van der Waals surface area contributed by atoms with E-state index in [1.54, 1.807) is 0 Å². The second kappa shape index (κ2) is 9.04. The molecule has 8 nitrogen and oxygen atoms in total. The van der Waals surface area contributed by atoms with Crippen molar-refractivity contribution in [1.82, 2.24) is 20.4 Å². The summed E-state index contributed by atoms with van der Waals surface area (Å²) in [5.74, 6) is 0.499. The van der Waals surface area contributed by atoms with Crippen LogP contribution in [0, 0.1) is 11.8 Å². The van der Waals surface area contributed by atoms with Crippen LogP contribution < -0.4 is 10.6 Å². The van der Waals surface area contributed by atoms with Crippen molar-refractivity contribution in [3.05, 3.63) is 10.0 Å². The Labute approximate surface area is 172 Å². The zero-order chi connectivity index (χ0) is 20.3. The van der Waals surface area contributed by atoms with E-state index in [4.69, 9.17) is 0 Å². The first kappa shape index (κ1) is 20.8. The summed E-state index contributed by atoms with van der Waals surface area (Å²) in [6, 6.07) is 0. The van der Waals surface area contributed by atoms with Crippen LogP contribution in [-0.4, -0.2) is 32.2 Å². The third-order valence-electron chi connectivity index (χ3n) is 4.82. The van der Waals surface area contributed by atoms with Crippen LogP contribution >= 0.6 is 22.7 Å². The first-order valence-corrected chi connectivity index (χ1v) is 11.2. The van der Waals surface area contributed by atoms with Gasteiger partial charge in [-0.3, -0.25) is 9.59 Å². The molecule has 1 aliphatic rings. The number of aromatic nitrogens is 4. The van der Waals surface area contributed by atoms with E-state index in [0.29, 0.717) is 22.1 Å². The van der Waals surface area contributed by atoms with Crippen molar-refractivity contribution in [1.29, 1.82) is 0 Å². The fraction of sp³-hybridized carbons (Fsp3) is 0.667. The number of nitrogens with one attached hydrogen (secondary N) is 2. The number of hydrogen-bond acceptors (Lipinski definition) is 8. The largest absolute Gasteiger partial charge is 0.300 e. The predicted molar refractivity (Wildman–Crippen MR) is 111 cm³/mol. The van der Waals surface area contributed by atoms with E-state index < -0.39 is 0 Å². The van der Waals surface area contributed by atoms with Gasteiger partial charge in [-0.25, -0.2) is 0 Å². The van der Waals surface area contributed by atoms with Gasteiger partial charge in [-0.05, 0) is 25.7 Å². The van der Waals surface area contributed by atoms with Crippen LogP contribution in [0.25, 0.3) is 0 Å². The molecule has 0 saturated heterocycles. The second-order valence-corrected chi connectivity index (χ2v) is 9.75. The number of carbonyl (C=O) groups excluding carboxylic acids is 2. The molecule has 152 valence electrons. The highest BCUT2D eigenvalue weighted by atomic mass is 32.1. The Bertz CT molecular complexity index is 755. The number of anilines is 2. The Morgan fingerprint density at radius 2 is 1.11 bits per heavy atom. The molecule has 3 rings (SSSR count). The molecule has 0 atom stereocenters. The number of carbonyl (C=O) groups is 2. The maximum atomic E-state index is 11.8. The minimum Gasteiger partial charge on any atom is -0.300 e. The Hall–Kier alpha value is -1.94. The minimum absolute atomic E-state index is 0.0389. The molecule has 0 bridgehead atoms. The zero-order valence-corrected chi connectivity index (χ0v) is 18.2. The summed E-state index contributed by atoms with van der Waals surface area (Å²) in [5, 5.41) is 25.5. The van der Waals surface area contributed by atoms with E-state index in [9.17, 15) is 9.59 Å². The van der Waals surface area contributed by atoms with Crippen LogP contribution in [0.3, 0.4) is 0 Å². The Morgan fingerprint density at radius 1 is 0.750 bits per heavy atom. The summed E-state index contributed by atoms with van der Waals surface area (Å²) in [7, 11) is 0. The van der Waals surface area contributed by atoms with E-state index >= 15 is 0 Å². The SMILES string of the molecule is CC(C)C(=O)Nc1nnc(C2CCC(c3nnc(NC(=O)C(C)C)s3)CC2)s1. The molecule has 28 heavy (non-hydrogen) atoms. The molecule has 1 saturated carbocycles. The standard InChI is InChI=1S/C18H26N6O2S2/c1-9(2)13(25)19-17-23-21-15(27-17)11-5-7-12(8-6-11)16-22-24-18(28-16)20-14(26)10(3)4/h9-12H,5-8H2,1-4H3,(H,19,23,25)(H,20,24,26). The van der Waals surface area contributed by atoms with Gasteiger partial charge in [0.2, 0.25) is 22.1 Å². The first-order valence-electron chi connectivity index (χ1n) is 9.62. The quantitative estimate of drug-likeness (QED) is 0.727. The van der Waals surface area contributed by atoms with Gasteiger partial charge >= 0.3 is 0 Å². The molecule has 1 fully saturated rings. The highest BCUT2D eigenvalue weighted by Gasteiger charge is 2.28. The smallest absolute Gasteiger partial charge is 0.228 e. The minimum atomic E-state index is -0.0788. The van der Waals surface area contributed by atoms with Crippen molar-refractivity contribution in [2.75, 3.05) is 10.6 Å². The molecule has 2 amide bonds. The fourth-order valence-corrected chi connectivity index (χ4v) is 4.82. The molecule has 0 radical (unpaired) electrons. The third-order valence-corrected chi connectivity index (χ3v) is 6.82. The molecule has 10 heteroatoms. The van der Waals surface area contributed by atoms with Crippen molar-refractivity contribution in [2.45, 2.75) is 65.2 Å². The number of nitrogens with zero attached hydrogens (tertiary/aromatic N) is 4. The van der Waals surface area contributed by atoms with Gasteiger partial charge in [0.25, 0.3) is 0 Å². The Kier molecular flexibility index (Phi) is 6.71. The van der Waals surface area contributed by atoms with Crippen molar-refractivity contribution < 1.29 is 9.59 Å². The van der Waals surface area contributed by atoms with Gasteiger partial charge in [0, 0.05) is 23.7 Å². The predicted octanol–water partition coefficient (Wildman–Crippen LogP) is 4.02. The van der Waals surface area contributed by atoms with E-state index in [1.165, 1.54) is 22.7 Å². The maximum absolute atomic E-state index is 11.8. The zero-order valence-electron chi connectivity index (χ0n) is 16.6. The van der Waals surface area contributed by atoms with E-state index in [0.717, 1.165) is 35.7 Å². The summed E-state index contributed by atoms with van der Waals surface area (Å²) in [6.45, 7) is 7.41. The Morgan fingerprint density at radius 3 is 1.43 bits per heavy atom. The Balaban J connectivity index is 1.54. The molecule has 2 aromatic rings. The maximum Gasteiger partial charge on any atom is 0.228 e. The van der Waals surface area contributed by atoms with Crippen molar-refractivity contribution in [3.63, 3.8) is 0 Å². The lowest BCUT2D eigenvalue weighted by Gasteiger charge is -2.25. The molecule has 2 heterocycles. The van der Waals surface area contributed by atoms with E-state index in [1.807, 2.05) is 27.7 Å². The van der Waals surface area contributed by atoms with E-state index in [2.05, 4.69) is 31.0 Å². The molecular weight excluding hydrogens is 396 g/mol. The molecule has 0 aliphatic heterocycles. The summed E-state index contributed by atoms with van der Waals surface area (Å²) < 4.78 is 0. The van der Waals surface area contributed by atoms with Crippen LogP contribution in [0.15, 0.2) is 0 Å². The first-order chi connectivity index (χ1) is 13.3. The lowest BCUT2D eigenvalue weighted by Crippen LogP contribution is -2.17. The fourth-order valence-electron chi connectivity index (χ4n) is 2.99. The summed E-state index contributed by atoms with van der Waals surface area (Å²) in [6.07, 6.45) is 4.02. The van der Waals surface area contributed by atoms with Crippen molar-refractivity contribution in [2.24, 2.45) is 11.8 Å². The van der Waals surface area contributed by atoms with Gasteiger partial charge in [-0.1, -0.05) is 50.4 Å². The van der Waals surface area contributed by atoms with Gasteiger partial charge in [0.1, 0.15) is 10.0 Å². The molecule has 1 aliphatic carbocycles. The number of hydrogen-bond donors (Lipinski definition) is 2. The summed E-state index contributed by atoms with van der Waals surface area (Å²) in [4.78, 5) is 23.6. The molecular formula is C18H26N6O2S2. The van der Waals surface area contributed by atoms with Crippen LogP contribution in [-0.2, 0) is 9.59 Å². The monoisotopic (exact) mass is 422 g/mol. The second-order valence-electron chi connectivity index (χ2n) is 7.73. The molecule has 0 spiro atoms. The lowest BCUT2D eigenvalue weighted by molar-refractivity contribution is -0.119. The molecule has 0 aromatic carbocycles. The van der Waals surface area contributed by atoms with Gasteiger partial charge in [-0.2, -0.15) is 0 Å². The van der Waals surface area contributed by atoms with Crippen molar-refractivity contribution in [3.8, 4) is 0 Å². The molecule has 2 aromatic heterocycles. The van der Waals surface area contributed by atoms with Crippen LogP contribution in [0.4, 0.5) is 10.3 Å². The lowest BCUT2D eigenvalue weighted by atomic mass is 9.83. The summed E-state index contributed by atoms with van der Waals surface area (Å²) >= 11 is 2.94. The number of amides is 2. The summed E-state index contributed by atoms with van der Waals surface area (Å²) in [5.41, 5.74) is 0. The van der Waals surface area contributed by atoms with Crippen molar-refractivity contribution >= 4 is 44.8 Å². The van der Waals surface area contributed by atoms with Gasteiger partial charge in [0.05, 0.1) is 0 Å². The average molecular weight is 423 g/mol. The normalized spacial score (nSPS) is 19.8. The topological polar surface area (TPSA) is 110 Å². The van der Waals surface area contributed by atoms with Gasteiger partial charge in [-0.15, -0.1) is 20.4 Å². The molecule has 0 unspecified atom stereocenters. The highest BCUT2D eigenvalue weighted by Crippen LogP contribution is 2.42. The molecule has 2 N–H and O–H groups in total. The third kappa shape index (κ3) is 5.11. The van der Waals surface area contributed by atoms with Gasteiger partial charge < -0.3 is 10.6 Å². The van der Waals surface area contributed by atoms with Crippen LogP contribution in [0.1, 0.15) is 75.2 Å². The average Bonchev–Trinajstić information content (AvgIpc) is 3.31. The van der Waals surface area contributed by atoms with Gasteiger partial charge in [0.15, 0.2) is 0 Å². The van der Waals surface area contributed by atoms with Crippen LogP contribution in [0.5, 0.6) is 0 Å². The highest BCUT2D eigenvalue weighted by molar-refractivity contribution is 7.15. The van der Waals surface area contributed by atoms with E-state index in [-0.39, 0.29) is 23.7 Å². The number of rotatable bonds is 6. The van der Waals surface area contributed by atoms with Crippen LogP contribution in [0.2, 0.25) is 0 Å².